The number of hydrogen-bond acceptors (Lipinski definition) is 7. The van der Waals surface area contributed by atoms with Gasteiger partial charge in [0.1, 0.15) is 26.3 Å². The van der Waals surface area contributed by atoms with E-state index in [9.17, 15) is 19.2 Å². The molecule has 1 unspecified atom stereocenters. The van der Waals surface area contributed by atoms with Crippen molar-refractivity contribution < 1.29 is 76.3 Å². The fraction of sp³-hybridized carbons (Fsp3) is 0.654. The van der Waals surface area contributed by atoms with Crippen LogP contribution in [0.3, 0.4) is 0 Å². The van der Waals surface area contributed by atoms with Crippen LogP contribution in [0.2, 0.25) is 0 Å². The van der Waals surface area contributed by atoms with Gasteiger partial charge in [-0.25, -0.2) is 0 Å². The lowest BCUT2D eigenvalue weighted by Gasteiger charge is -2.29. The summed E-state index contributed by atoms with van der Waals surface area (Å²) in [5.41, 5.74) is 0. The molecule has 0 aromatic rings. The maximum Gasteiger partial charge on any atom is 0.307 e. The SMILES string of the molecule is C/C=C/C=C/C=C/C=C/C=C/C=C/C=C/C(NC(=O)CCCCCCCCCCC[N+](C)(C)CCOC(C)=O)OC(=O)CCCCCCCCCCC[N+](C)(C)CCOC(C)=O.[Br-].[Br-]. The van der Waals surface area contributed by atoms with Gasteiger partial charge in [0.15, 0.2) is 6.23 Å². The molecule has 0 aliphatic rings. The van der Waals surface area contributed by atoms with Gasteiger partial charge < -0.3 is 62.5 Å². The summed E-state index contributed by atoms with van der Waals surface area (Å²) in [5.74, 6) is -0.829. The lowest BCUT2D eigenvalue weighted by atomic mass is 10.1. The minimum atomic E-state index is -0.805. The normalized spacial score (nSPS) is 12.8. The molecule has 10 nitrogen and oxygen atoms in total. The molecule has 0 saturated heterocycles. The Hall–Kier alpha value is -3.06. The summed E-state index contributed by atoms with van der Waals surface area (Å²) < 4.78 is 17.7. The van der Waals surface area contributed by atoms with Crippen molar-refractivity contribution in [3.05, 3.63) is 85.1 Å². The Balaban J connectivity index is -0.0000186. The lowest BCUT2D eigenvalue weighted by Crippen LogP contribution is -3.00. The first-order valence-corrected chi connectivity index (χ1v) is 23.8. The van der Waals surface area contributed by atoms with Gasteiger partial charge in [0.25, 0.3) is 0 Å². The molecule has 0 radical (unpaired) electrons. The van der Waals surface area contributed by atoms with Gasteiger partial charge in [-0.1, -0.05) is 156 Å². The second kappa shape index (κ2) is 45.1. The molecule has 0 aromatic carbocycles. The van der Waals surface area contributed by atoms with E-state index in [-0.39, 0.29) is 57.8 Å². The van der Waals surface area contributed by atoms with Crippen molar-refractivity contribution in [3.8, 4) is 0 Å². The van der Waals surface area contributed by atoms with E-state index < -0.39 is 6.23 Å². The fourth-order valence-corrected chi connectivity index (χ4v) is 6.67. The van der Waals surface area contributed by atoms with E-state index in [1.165, 1.54) is 90.9 Å². The number of amides is 1. The van der Waals surface area contributed by atoms with Crippen LogP contribution < -0.4 is 39.3 Å². The van der Waals surface area contributed by atoms with Crippen LogP contribution in [0.1, 0.15) is 149 Å². The van der Waals surface area contributed by atoms with Crippen molar-refractivity contribution in [2.45, 2.75) is 155 Å². The van der Waals surface area contributed by atoms with E-state index >= 15 is 0 Å². The number of ether oxygens (including phenoxy) is 3. The molecule has 0 aromatic heterocycles. The first-order valence-electron chi connectivity index (χ1n) is 23.8. The van der Waals surface area contributed by atoms with Crippen LogP contribution in [0.4, 0.5) is 0 Å². The van der Waals surface area contributed by atoms with E-state index in [0.29, 0.717) is 26.1 Å². The summed E-state index contributed by atoms with van der Waals surface area (Å²) in [6.07, 6.45) is 47.1. The van der Waals surface area contributed by atoms with Crippen LogP contribution in [0.5, 0.6) is 0 Å². The molecule has 0 aliphatic heterocycles. The number of nitrogens with one attached hydrogen (secondary N) is 1. The van der Waals surface area contributed by atoms with Crippen molar-refractivity contribution in [1.82, 2.24) is 5.32 Å². The Morgan fingerprint density at radius 3 is 1.16 bits per heavy atom. The van der Waals surface area contributed by atoms with Crippen molar-refractivity contribution in [3.63, 3.8) is 0 Å². The van der Waals surface area contributed by atoms with Crippen molar-refractivity contribution in [2.75, 3.05) is 67.6 Å². The standard InChI is InChI=1S/C52H88N3O7.2BrH/c1-8-9-10-11-12-13-14-15-16-20-25-30-35-40-51(53-50(58)39-34-29-24-19-17-22-27-32-37-42-54(4,5)44-46-60-48(2)56)62-52(59)41-36-31-26-21-18-23-28-33-38-43-55(6,7)45-47-61-49(3)57;;/h8-16,20,25,30,35,40,51H,17-19,21-24,26-29,31-34,36-39,41-47H2,1-7H3;2*1H/q+1;;/p-1/b9-8+,11-10+,13-12+,15-14+,20-16+,30-25+,40-35+;;. The number of carbonyl (C=O) groups is 4. The Labute approximate surface area is 411 Å². The molecule has 12 heteroatoms. The minimum absolute atomic E-state index is 0. The number of hydrogen-bond donors (Lipinski definition) is 1. The summed E-state index contributed by atoms with van der Waals surface area (Å²) in [5, 5.41) is 2.92. The zero-order chi connectivity index (χ0) is 46.0. The van der Waals surface area contributed by atoms with Gasteiger partial charge in [0.2, 0.25) is 5.91 Å². The van der Waals surface area contributed by atoms with Crippen molar-refractivity contribution >= 4 is 23.8 Å². The predicted octanol–water partition coefficient (Wildman–Crippen LogP) is 4.97. The van der Waals surface area contributed by atoms with Gasteiger partial charge in [0.05, 0.1) is 41.3 Å². The maximum absolute atomic E-state index is 12.9. The number of allylic oxidation sites excluding steroid dienone is 13. The van der Waals surface area contributed by atoms with Crippen LogP contribution >= 0.6 is 0 Å². The second-order valence-corrected chi connectivity index (χ2v) is 17.6. The molecule has 0 heterocycles. The van der Waals surface area contributed by atoms with Crippen LogP contribution in [-0.4, -0.2) is 107 Å². The Kier molecular flexibility index (Phi) is 46.0. The number of halogens is 2. The molecular formula is C52H89Br2N3O7. The molecule has 0 saturated carbocycles. The van der Waals surface area contributed by atoms with Gasteiger partial charge in [-0.3, -0.25) is 19.2 Å². The van der Waals surface area contributed by atoms with Gasteiger partial charge >= 0.3 is 17.9 Å². The fourth-order valence-electron chi connectivity index (χ4n) is 6.67. The Morgan fingerprint density at radius 1 is 0.453 bits per heavy atom. The number of nitrogens with zero attached hydrogens (tertiary/aromatic N) is 2. The summed E-state index contributed by atoms with van der Waals surface area (Å²) in [6.45, 7) is 9.70. The molecule has 1 N–H and O–H groups in total. The van der Waals surface area contributed by atoms with Gasteiger partial charge in [-0.05, 0) is 51.5 Å². The largest absolute Gasteiger partial charge is 1.00 e. The van der Waals surface area contributed by atoms with E-state index in [1.54, 1.807) is 12.2 Å². The number of esters is 3. The predicted molar refractivity (Wildman–Crippen MR) is 257 cm³/mol. The van der Waals surface area contributed by atoms with Crippen LogP contribution in [0, 0.1) is 0 Å². The van der Waals surface area contributed by atoms with E-state index in [0.717, 1.165) is 73.7 Å². The van der Waals surface area contributed by atoms with Gasteiger partial charge in [-0.2, -0.15) is 0 Å². The quantitative estimate of drug-likeness (QED) is 0.0232. The van der Waals surface area contributed by atoms with Gasteiger partial charge in [-0.15, -0.1) is 0 Å². The molecule has 0 rings (SSSR count). The lowest BCUT2D eigenvalue weighted by molar-refractivity contribution is -0.890. The van der Waals surface area contributed by atoms with E-state index in [1.807, 2.05) is 79.8 Å². The van der Waals surface area contributed by atoms with Crippen LogP contribution in [-0.2, 0) is 33.4 Å². The average molecular weight is 1030 g/mol. The highest BCUT2D eigenvalue weighted by molar-refractivity contribution is 5.77. The second-order valence-electron chi connectivity index (χ2n) is 17.6. The zero-order valence-electron chi connectivity index (χ0n) is 41.1. The Morgan fingerprint density at radius 2 is 0.781 bits per heavy atom. The number of unbranched alkanes of at least 4 members (excludes halogenated alkanes) is 16. The zero-order valence-corrected chi connectivity index (χ0v) is 44.2. The molecule has 0 fully saturated rings. The molecule has 1 atom stereocenters. The molecule has 64 heavy (non-hydrogen) atoms. The molecule has 0 bridgehead atoms. The third-order valence-electron chi connectivity index (χ3n) is 10.6. The van der Waals surface area contributed by atoms with E-state index in [2.05, 4.69) is 33.5 Å². The van der Waals surface area contributed by atoms with Crippen LogP contribution in [0.15, 0.2) is 85.1 Å². The Bertz CT molecular complexity index is 1330. The monoisotopic (exact) mass is 1030 g/mol. The molecular weight excluding hydrogens is 938 g/mol. The maximum atomic E-state index is 12.9. The van der Waals surface area contributed by atoms with Gasteiger partial charge in [0, 0.05) is 26.7 Å². The highest BCUT2D eigenvalue weighted by Gasteiger charge is 2.17. The van der Waals surface area contributed by atoms with Crippen molar-refractivity contribution in [1.29, 1.82) is 0 Å². The summed E-state index contributed by atoms with van der Waals surface area (Å²) >= 11 is 0. The number of carbonyl (C=O) groups excluding carboxylic acids is 4. The topological polar surface area (TPSA) is 108 Å². The number of quaternary nitrogens is 2. The molecule has 0 spiro atoms. The van der Waals surface area contributed by atoms with E-state index in [4.69, 9.17) is 14.2 Å². The summed E-state index contributed by atoms with van der Waals surface area (Å²) in [4.78, 5) is 47.7. The molecule has 368 valence electrons. The minimum Gasteiger partial charge on any atom is -1.00 e. The van der Waals surface area contributed by atoms with Crippen LogP contribution in [0.25, 0.3) is 0 Å². The highest BCUT2D eigenvalue weighted by Crippen LogP contribution is 2.14. The number of likely N-dealkylation sites (N-methyl/N-ethyl adjacent to an activating group) is 2. The smallest absolute Gasteiger partial charge is 0.307 e. The number of rotatable bonds is 39. The molecule has 1 amide bonds. The summed E-state index contributed by atoms with van der Waals surface area (Å²) in [7, 11) is 8.75. The average Bonchev–Trinajstić information content (AvgIpc) is 3.20. The third-order valence-corrected chi connectivity index (χ3v) is 10.6. The van der Waals surface area contributed by atoms with Crippen molar-refractivity contribution in [2.24, 2.45) is 0 Å². The third kappa shape index (κ3) is 48.4. The first-order chi connectivity index (χ1) is 29.8. The first kappa shape index (κ1) is 65.2. The summed E-state index contributed by atoms with van der Waals surface area (Å²) in [6, 6.07) is 0. The molecule has 0 aliphatic carbocycles. The highest BCUT2D eigenvalue weighted by atomic mass is 79.9.